The zero-order valence-electron chi connectivity index (χ0n) is 22.8. The van der Waals surface area contributed by atoms with E-state index in [1.807, 2.05) is 11.8 Å². The van der Waals surface area contributed by atoms with Crippen LogP contribution >= 0.6 is 11.8 Å². The molecular formula is C40H25NS. The average molecular weight is 552 g/mol. The summed E-state index contributed by atoms with van der Waals surface area (Å²) >= 11 is 1.88. The molecule has 1 nitrogen and oxygen atoms in total. The van der Waals surface area contributed by atoms with Crippen LogP contribution in [0.5, 0.6) is 0 Å². The Bertz CT molecular complexity index is 2310. The van der Waals surface area contributed by atoms with Gasteiger partial charge in [0.1, 0.15) is 0 Å². The minimum absolute atomic E-state index is 1.18. The van der Waals surface area contributed by atoms with Crippen molar-refractivity contribution >= 4 is 44.3 Å². The molecule has 0 unspecified atom stereocenters. The third kappa shape index (κ3) is 3.46. The van der Waals surface area contributed by atoms with Gasteiger partial charge in [0.05, 0.1) is 11.0 Å². The lowest BCUT2D eigenvalue weighted by Gasteiger charge is -2.21. The maximum absolute atomic E-state index is 2.41. The predicted molar refractivity (Wildman–Crippen MR) is 179 cm³/mol. The van der Waals surface area contributed by atoms with Gasteiger partial charge in [-0.2, -0.15) is 0 Å². The lowest BCUT2D eigenvalue weighted by atomic mass is 9.91. The molecule has 0 N–H and O–H groups in total. The molecule has 1 aliphatic heterocycles. The second-order valence-electron chi connectivity index (χ2n) is 10.9. The second kappa shape index (κ2) is 9.24. The smallest absolute Gasteiger partial charge is 0.0619 e. The number of rotatable bonds is 3. The molecule has 0 radical (unpaired) electrons. The average Bonchev–Trinajstić information content (AvgIpc) is 3.40. The molecule has 0 atom stereocenters. The summed E-state index contributed by atoms with van der Waals surface area (Å²) in [4.78, 5) is 2.66. The van der Waals surface area contributed by atoms with Crippen molar-refractivity contribution in [2.75, 3.05) is 0 Å². The Morgan fingerprint density at radius 1 is 0.381 bits per heavy atom. The molecular weight excluding hydrogens is 527 g/mol. The molecule has 196 valence electrons. The zero-order valence-corrected chi connectivity index (χ0v) is 23.6. The first-order chi connectivity index (χ1) is 20.8. The van der Waals surface area contributed by atoms with Crippen molar-refractivity contribution < 1.29 is 0 Å². The summed E-state index contributed by atoms with van der Waals surface area (Å²) in [5.74, 6) is 0. The Hall–Kier alpha value is -5.05. The quantitative estimate of drug-likeness (QED) is 0.211. The standard InChI is InChI=1S/C40H25NS/c1-2-10-28(11-3-1)41-36-18-6-4-12-31(36)35-17-8-14-30(40(35)41)27-22-20-26(21-23-27)29-24-25-38-39-33(29)15-9-16-34(39)32-13-5-7-19-37(32)42-38/h1-25H. The van der Waals surface area contributed by atoms with Crippen molar-refractivity contribution in [1.82, 2.24) is 4.57 Å². The van der Waals surface area contributed by atoms with E-state index in [4.69, 9.17) is 0 Å². The van der Waals surface area contributed by atoms with E-state index in [0.717, 1.165) is 0 Å². The molecule has 7 aromatic carbocycles. The lowest BCUT2D eigenvalue weighted by Crippen LogP contribution is -1.95. The minimum Gasteiger partial charge on any atom is -0.309 e. The Balaban J connectivity index is 1.21. The van der Waals surface area contributed by atoms with E-state index in [9.17, 15) is 0 Å². The van der Waals surface area contributed by atoms with Gasteiger partial charge in [-0.05, 0) is 63.5 Å². The Morgan fingerprint density at radius 2 is 1.02 bits per heavy atom. The molecule has 42 heavy (non-hydrogen) atoms. The minimum atomic E-state index is 1.18. The monoisotopic (exact) mass is 551 g/mol. The molecule has 0 fully saturated rings. The number of para-hydroxylation sites is 3. The predicted octanol–water partition coefficient (Wildman–Crippen LogP) is 11.4. The van der Waals surface area contributed by atoms with E-state index in [-0.39, 0.29) is 0 Å². The summed E-state index contributed by atoms with van der Waals surface area (Å²) in [6, 6.07) is 55.4. The Kier molecular flexibility index (Phi) is 5.20. The molecule has 2 heteroatoms. The van der Waals surface area contributed by atoms with Crippen LogP contribution in [-0.2, 0) is 0 Å². The zero-order chi connectivity index (χ0) is 27.6. The molecule has 0 saturated carbocycles. The highest BCUT2D eigenvalue weighted by atomic mass is 32.2. The summed E-state index contributed by atoms with van der Waals surface area (Å²) in [5.41, 5.74) is 11.3. The molecule has 0 aliphatic carbocycles. The van der Waals surface area contributed by atoms with E-state index in [2.05, 4.69) is 156 Å². The molecule has 8 aromatic rings. The van der Waals surface area contributed by atoms with Crippen LogP contribution < -0.4 is 0 Å². The van der Waals surface area contributed by atoms with Crippen LogP contribution in [0.15, 0.2) is 161 Å². The maximum atomic E-state index is 2.41. The third-order valence-electron chi connectivity index (χ3n) is 8.62. The van der Waals surface area contributed by atoms with Crippen molar-refractivity contribution in [2.24, 2.45) is 0 Å². The van der Waals surface area contributed by atoms with Gasteiger partial charge in [-0.15, -0.1) is 0 Å². The molecule has 1 aliphatic rings. The van der Waals surface area contributed by atoms with E-state index in [1.165, 1.54) is 81.4 Å². The van der Waals surface area contributed by atoms with Crippen molar-refractivity contribution in [3.05, 3.63) is 152 Å². The molecule has 1 aromatic heterocycles. The molecule has 0 bridgehead atoms. The Labute approximate surface area is 248 Å². The summed E-state index contributed by atoms with van der Waals surface area (Å²) in [6.07, 6.45) is 0. The van der Waals surface area contributed by atoms with Gasteiger partial charge < -0.3 is 4.57 Å². The van der Waals surface area contributed by atoms with Crippen molar-refractivity contribution in [2.45, 2.75) is 9.79 Å². The van der Waals surface area contributed by atoms with Crippen LogP contribution in [0.1, 0.15) is 0 Å². The van der Waals surface area contributed by atoms with Crippen LogP contribution in [0.4, 0.5) is 0 Å². The van der Waals surface area contributed by atoms with Gasteiger partial charge in [0.15, 0.2) is 0 Å². The number of hydrogen-bond donors (Lipinski definition) is 0. The largest absolute Gasteiger partial charge is 0.309 e. The maximum Gasteiger partial charge on any atom is 0.0619 e. The van der Waals surface area contributed by atoms with Gasteiger partial charge in [-0.3, -0.25) is 0 Å². The molecule has 9 rings (SSSR count). The molecule has 0 spiro atoms. The van der Waals surface area contributed by atoms with E-state index >= 15 is 0 Å². The number of aromatic nitrogens is 1. The SMILES string of the molecule is c1ccc(-n2c3ccccc3c3cccc(-c4ccc(-c5ccc6c7c(cccc57)-c5ccccc5S6)cc4)c32)cc1. The van der Waals surface area contributed by atoms with E-state index in [0.29, 0.717) is 0 Å². The van der Waals surface area contributed by atoms with Gasteiger partial charge in [0, 0.05) is 37.2 Å². The van der Waals surface area contributed by atoms with Crippen molar-refractivity contribution in [3.63, 3.8) is 0 Å². The molecule has 0 saturated heterocycles. The first kappa shape index (κ1) is 23.6. The van der Waals surface area contributed by atoms with Crippen molar-refractivity contribution in [3.8, 4) is 39.1 Å². The van der Waals surface area contributed by atoms with Gasteiger partial charge in [-0.25, -0.2) is 0 Å². The van der Waals surface area contributed by atoms with E-state index in [1.54, 1.807) is 0 Å². The summed E-state index contributed by atoms with van der Waals surface area (Å²) in [6.45, 7) is 0. The highest BCUT2D eigenvalue weighted by Gasteiger charge is 2.21. The number of benzene rings is 7. The van der Waals surface area contributed by atoms with Crippen LogP contribution in [0, 0.1) is 0 Å². The summed E-state index contributed by atoms with van der Waals surface area (Å²) < 4.78 is 2.41. The van der Waals surface area contributed by atoms with Gasteiger partial charge in [0.2, 0.25) is 0 Å². The fourth-order valence-electron chi connectivity index (χ4n) is 6.76. The molecule has 0 amide bonds. The highest BCUT2D eigenvalue weighted by molar-refractivity contribution is 7.99. The van der Waals surface area contributed by atoms with Gasteiger partial charge in [-0.1, -0.05) is 133 Å². The first-order valence-corrected chi connectivity index (χ1v) is 15.2. The second-order valence-corrected chi connectivity index (χ2v) is 12.0. The van der Waals surface area contributed by atoms with Crippen LogP contribution in [0.2, 0.25) is 0 Å². The van der Waals surface area contributed by atoms with E-state index < -0.39 is 0 Å². The molecule has 2 heterocycles. The highest BCUT2D eigenvalue weighted by Crippen LogP contribution is 2.49. The number of fused-ring (bicyclic) bond motifs is 5. The van der Waals surface area contributed by atoms with Crippen molar-refractivity contribution in [1.29, 1.82) is 0 Å². The number of nitrogens with zero attached hydrogens (tertiary/aromatic N) is 1. The summed E-state index contributed by atoms with van der Waals surface area (Å²) in [7, 11) is 0. The van der Waals surface area contributed by atoms with Crippen LogP contribution in [0.3, 0.4) is 0 Å². The Morgan fingerprint density at radius 3 is 1.88 bits per heavy atom. The lowest BCUT2D eigenvalue weighted by molar-refractivity contribution is 1.18. The van der Waals surface area contributed by atoms with Gasteiger partial charge in [0.25, 0.3) is 0 Å². The number of hydrogen-bond acceptors (Lipinski definition) is 1. The first-order valence-electron chi connectivity index (χ1n) is 14.4. The fraction of sp³-hybridized carbons (Fsp3) is 0. The fourth-order valence-corrected chi connectivity index (χ4v) is 7.89. The van der Waals surface area contributed by atoms with Crippen LogP contribution in [0.25, 0.3) is 71.6 Å². The normalized spacial score (nSPS) is 12.2. The summed E-state index contributed by atoms with van der Waals surface area (Å²) in [5, 5.41) is 5.22. The van der Waals surface area contributed by atoms with Gasteiger partial charge >= 0.3 is 0 Å². The van der Waals surface area contributed by atoms with Crippen LogP contribution in [-0.4, -0.2) is 4.57 Å². The topological polar surface area (TPSA) is 4.93 Å². The third-order valence-corrected chi connectivity index (χ3v) is 9.75.